The van der Waals surface area contributed by atoms with Gasteiger partial charge in [0.1, 0.15) is 5.75 Å². The predicted octanol–water partition coefficient (Wildman–Crippen LogP) is 2.71. The molecule has 1 atom stereocenters. The van der Waals surface area contributed by atoms with E-state index in [4.69, 9.17) is 4.74 Å². The first-order valence-electron chi connectivity index (χ1n) is 7.92. The minimum absolute atomic E-state index is 0.00896. The van der Waals surface area contributed by atoms with E-state index in [1.165, 1.54) is 0 Å². The molecular formula is C19H20N2O3. The van der Waals surface area contributed by atoms with E-state index in [0.717, 1.165) is 16.7 Å². The molecule has 1 aliphatic rings. The molecule has 0 bridgehead atoms. The molecule has 2 N–H and O–H groups in total. The van der Waals surface area contributed by atoms with Gasteiger partial charge in [0.15, 0.2) is 6.10 Å². The fourth-order valence-electron chi connectivity index (χ4n) is 2.66. The molecular weight excluding hydrogens is 304 g/mol. The highest BCUT2D eigenvalue weighted by atomic mass is 16.5. The average molecular weight is 324 g/mol. The van der Waals surface area contributed by atoms with Crippen molar-refractivity contribution >= 4 is 17.5 Å². The highest BCUT2D eigenvalue weighted by molar-refractivity contribution is 6.00. The standard InChI is InChI=1S/C19H20N2O3/c1-12-4-3-5-14(8-12)11-20-18(22)10-17-19(23)21-15-9-13(2)6-7-16(15)24-17/h3-9,17H,10-11H2,1-2H3,(H,20,22)(H,21,23). The third-order valence-electron chi connectivity index (χ3n) is 3.90. The van der Waals surface area contributed by atoms with Crippen LogP contribution in [0.4, 0.5) is 5.69 Å². The number of carbonyl (C=O) groups is 2. The number of aryl methyl sites for hydroxylation is 2. The summed E-state index contributed by atoms with van der Waals surface area (Å²) in [6.45, 7) is 4.38. The van der Waals surface area contributed by atoms with Crippen LogP contribution in [0.1, 0.15) is 23.1 Å². The normalized spacial score (nSPS) is 15.9. The Morgan fingerprint density at radius 1 is 1.17 bits per heavy atom. The Kier molecular flexibility index (Phi) is 4.51. The van der Waals surface area contributed by atoms with Crippen LogP contribution in [-0.2, 0) is 16.1 Å². The molecule has 5 nitrogen and oxygen atoms in total. The lowest BCUT2D eigenvalue weighted by Gasteiger charge is -2.25. The molecule has 0 saturated carbocycles. The third-order valence-corrected chi connectivity index (χ3v) is 3.90. The average Bonchev–Trinajstić information content (AvgIpc) is 2.54. The molecule has 0 aromatic heterocycles. The number of ether oxygens (including phenoxy) is 1. The highest BCUT2D eigenvalue weighted by Gasteiger charge is 2.29. The molecule has 2 aromatic carbocycles. The van der Waals surface area contributed by atoms with Gasteiger partial charge in [0, 0.05) is 6.54 Å². The van der Waals surface area contributed by atoms with Gasteiger partial charge < -0.3 is 15.4 Å². The number of rotatable bonds is 4. The number of carbonyl (C=O) groups excluding carboxylic acids is 2. The molecule has 0 radical (unpaired) electrons. The molecule has 0 fully saturated rings. The van der Waals surface area contributed by atoms with E-state index in [9.17, 15) is 9.59 Å². The van der Waals surface area contributed by atoms with Gasteiger partial charge >= 0.3 is 0 Å². The molecule has 3 rings (SSSR count). The second-order valence-corrected chi connectivity index (χ2v) is 6.07. The zero-order valence-electron chi connectivity index (χ0n) is 13.8. The van der Waals surface area contributed by atoms with E-state index >= 15 is 0 Å². The Hall–Kier alpha value is -2.82. The quantitative estimate of drug-likeness (QED) is 0.909. The van der Waals surface area contributed by atoms with Crippen LogP contribution >= 0.6 is 0 Å². The summed E-state index contributed by atoms with van der Waals surface area (Å²) in [5.41, 5.74) is 3.85. The number of benzene rings is 2. The van der Waals surface area contributed by atoms with Gasteiger partial charge in [-0.3, -0.25) is 9.59 Å². The molecule has 1 heterocycles. The summed E-state index contributed by atoms with van der Waals surface area (Å²) in [6, 6.07) is 13.5. The monoisotopic (exact) mass is 324 g/mol. The van der Waals surface area contributed by atoms with Gasteiger partial charge in [0.05, 0.1) is 12.1 Å². The maximum atomic E-state index is 12.1. The number of hydrogen-bond acceptors (Lipinski definition) is 3. The van der Waals surface area contributed by atoms with Crippen LogP contribution in [-0.4, -0.2) is 17.9 Å². The number of hydrogen-bond donors (Lipinski definition) is 2. The van der Waals surface area contributed by atoms with Crippen molar-refractivity contribution in [2.45, 2.75) is 32.9 Å². The predicted molar refractivity (Wildman–Crippen MR) is 91.9 cm³/mol. The van der Waals surface area contributed by atoms with E-state index in [2.05, 4.69) is 10.6 Å². The number of amides is 2. The highest BCUT2D eigenvalue weighted by Crippen LogP contribution is 2.30. The summed E-state index contributed by atoms with van der Waals surface area (Å²) in [5.74, 6) is 0.0858. The second-order valence-electron chi connectivity index (χ2n) is 6.07. The van der Waals surface area contributed by atoms with Crippen molar-refractivity contribution in [3.8, 4) is 5.75 Å². The lowest BCUT2D eigenvalue weighted by molar-refractivity contribution is -0.130. The summed E-state index contributed by atoms with van der Waals surface area (Å²) in [4.78, 5) is 24.2. The van der Waals surface area contributed by atoms with E-state index in [1.54, 1.807) is 0 Å². The van der Waals surface area contributed by atoms with E-state index < -0.39 is 6.10 Å². The number of fused-ring (bicyclic) bond motifs is 1. The summed E-state index contributed by atoms with van der Waals surface area (Å²) < 4.78 is 5.67. The molecule has 24 heavy (non-hydrogen) atoms. The Labute approximate surface area is 141 Å². The summed E-state index contributed by atoms with van der Waals surface area (Å²) in [6.07, 6.45) is -0.817. The van der Waals surface area contributed by atoms with Gasteiger partial charge in [0.25, 0.3) is 5.91 Å². The molecule has 1 aliphatic heterocycles. The van der Waals surface area contributed by atoms with Gasteiger partial charge in [-0.25, -0.2) is 0 Å². The SMILES string of the molecule is Cc1cccc(CNC(=O)CC2Oc3ccc(C)cc3NC2=O)c1. The Morgan fingerprint density at radius 2 is 1.96 bits per heavy atom. The summed E-state index contributed by atoms with van der Waals surface area (Å²) in [5, 5.41) is 5.62. The topological polar surface area (TPSA) is 67.4 Å². The zero-order chi connectivity index (χ0) is 17.1. The van der Waals surface area contributed by atoms with Crippen LogP contribution in [0.15, 0.2) is 42.5 Å². The molecule has 0 saturated heterocycles. The molecule has 2 amide bonds. The first-order valence-corrected chi connectivity index (χ1v) is 7.92. The summed E-state index contributed by atoms with van der Waals surface area (Å²) in [7, 11) is 0. The lowest BCUT2D eigenvalue weighted by Crippen LogP contribution is -2.40. The smallest absolute Gasteiger partial charge is 0.266 e. The Morgan fingerprint density at radius 3 is 2.75 bits per heavy atom. The van der Waals surface area contributed by atoms with Crippen LogP contribution in [0, 0.1) is 13.8 Å². The van der Waals surface area contributed by atoms with Crippen LogP contribution in [0.2, 0.25) is 0 Å². The van der Waals surface area contributed by atoms with Crippen LogP contribution in [0.25, 0.3) is 0 Å². The van der Waals surface area contributed by atoms with Crippen LogP contribution < -0.4 is 15.4 Å². The van der Waals surface area contributed by atoms with E-state index in [-0.39, 0.29) is 18.2 Å². The number of nitrogens with one attached hydrogen (secondary N) is 2. The van der Waals surface area contributed by atoms with Gasteiger partial charge in [-0.15, -0.1) is 0 Å². The second kappa shape index (κ2) is 6.74. The Bertz CT molecular complexity index is 786. The van der Waals surface area contributed by atoms with Crippen molar-refractivity contribution in [2.75, 3.05) is 5.32 Å². The molecule has 124 valence electrons. The fraction of sp³-hybridized carbons (Fsp3) is 0.263. The van der Waals surface area contributed by atoms with Crippen molar-refractivity contribution in [1.82, 2.24) is 5.32 Å². The minimum atomic E-state index is -0.808. The lowest BCUT2D eigenvalue weighted by atomic mass is 10.1. The number of anilines is 1. The van der Waals surface area contributed by atoms with Crippen molar-refractivity contribution in [3.63, 3.8) is 0 Å². The minimum Gasteiger partial charge on any atom is -0.478 e. The molecule has 5 heteroatoms. The zero-order valence-corrected chi connectivity index (χ0v) is 13.8. The van der Waals surface area contributed by atoms with Crippen LogP contribution in [0.5, 0.6) is 5.75 Å². The van der Waals surface area contributed by atoms with E-state index in [0.29, 0.717) is 18.0 Å². The van der Waals surface area contributed by atoms with E-state index in [1.807, 2.05) is 56.3 Å². The van der Waals surface area contributed by atoms with Gasteiger partial charge in [0.2, 0.25) is 5.91 Å². The van der Waals surface area contributed by atoms with Crippen molar-refractivity contribution in [2.24, 2.45) is 0 Å². The van der Waals surface area contributed by atoms with Gasteiger partial charge in [-0.2, -0.15) is 0 Å². The molecule has 2 aromatic rings. The maximum absolute atomic E-state index is 12.1. The van der Waals surface area contributed by atoms with Crippen molar-refractivity contribution < 1.29 is 14.3 Å². The Balaban J connectivity index is 1.58. The van der Waals surface area contributed by atoms with Crippen molar-refractivity contribution in [1.29, 1.82) is 0 Å². The third kappa shape index (κ3) is 3.74. The molecule has 1 unspecified atom stereocenters. The largest absolute Gasteiger partial charge is 0.478 e. The maximum Gasteiger partial charge on any atom is 0.266 e. The molecule has 0 aliphatic carbocycles. The van der Waals surface area contributed by atoms with Gasteiger partial charge in [-0.1, -0.05) is 35.9 Å². The van der Waals surface area contributed by atoms with Crippen molar-refractivity contribution in [3.05, 3.63) is 59.2 Å². The van der Waals surface area contributed by atoms with Gasteiger partial charge in [-0.05, 0) is 37.1 Å². The molecule has 0 spiro atoms. The fourth-order valence-corrected chi connectivity index (χ4v) is 2.66. The summed E-state index contributed by atoms with van der Waals surface area (Å²) >= 11 is 0. The van der Waals surface area contributed by atoms with Crippen LogP contribution in [0.3, 0.4) is 0 Å². The first-order chi connectivity index (χ1) is 11.5. The first kappa shape index (κ1) is 16.1.